The SMILES string of the molecule is COc1nc(N(C)CCN(C)C)c([N+](=O)[O-])cc1Nc1nccc(-c2cn(C)c3ccccc23)n1. The summed E-state index contributed by atoms with van der Waals surface area (Å²) in [5.41, 5.74) is 2.94. The zero-order valence-corrected chi connectivity index (χ0v) is 20.4. The Morgan fingerprint density at radius 2 is 1.91 bits per heavy atom. The van der Waals surface area contributed by atoms with Crippen LogP contribution < -0.4 is 15.0 Å². The summed E-state index contributed by atoms with van der Waals surface area (Å²) in [7, 11) is 9.10. The average molecular weight is 477 g/mol. The maximum Gasteiger partial charge on any atom is 0.313 e. The van der Waals surface area contributed by atoms with Crippen molar-refractivity contribution in [1.29, 1.82) is 0 Å². The minimum absolute atomic E-state index is 0.139. The highest BCUT2D eigenvalue weighted by Gasteiger charge is 2.24. The fourth-order valence-corrected chi connectivity index (χ4v) is 3.83. The second kappa shape index (κ2) is 9.94. The Bertz CT molecular complexity index is 1370. The van der Waals surface area contributed by atoms with Gasteiger partial charge in [0, 0.05) is 62.1 Å². The lowest BCUT2D eigenvalue weighted by molar-refractivity contribution is -0.384. The van der Waals surface area contributed by atoms with Gasteiger partial charge in [-0.15, -0.1) is 0 Å². The molecule has 0 saturated carbocycles. The molecule has 0 atom stereocenters. The van der Waals surface area contributed by atoms with Crippen molar-refractivity contribution >= 4 is 34.0 Å². The lowest BCUT2D eigenvalue weighted by Crippen LogP contribution is -2.29. The highest BCUT2D eigenvalue weighted by Crippen LogP contribution is 2.36. The van der Waals surface area contributed by atoms with Crippen molar-refractivity contribution in [3.8, 4) is 17.1 Å². The van der Waals surface area contributed by atoms with E-state index < -0.39 is 4.92 Å². The molecule has 0 spiro atoms. The predicted molar refractivity (Wildman–Crippen MR) is 136 cm³/mol. The van der Waals surface area contributed by atoms with Gasteiger partial charge < -0.3 is 24.4 Å². The summed E-state index contributed by atoms with van der Waals surface area (Å²) in [5, 5.41) is 16.0. The average Bonchev–Trinajstić information content (AvgIpc) is 3.19. The van der Waals surface area contributed by atoms with E-state index in [4.69, 9.17) is 4.74 Å². The number of pyridine rings is 1. The molecule has 0 amide bonds. The number of para-hydroxylation sites is 1. The number of fused-ring (bicyclic) bond motifs is 1. The Hall–Kier alpha value is -4.25. The standard InChI is InChI=1S/C24H28N8O3/c1-29(2)12-13-30(3)22-21(32(33)34)14-19(23(28-22)35-5)27-24-25-11-10-18(26-24)17-15-31(4)20-9-7-6-8-16(17)20/h6-11,14-15H,12-13H2,1-5H3,(H,25,26,27). The number of benzene rings is 1. The smallest absolute Gasteiger partial charge is 0.313 e. The van der Waals surface area contributed by atoms with Crippen LogP contribution in [0.25, 0.3) is 22.2 Å². The van der Waals surface area contributed by atoms with E-state index in [1.807, 2.05) is 67.1 Å². The van der Waals surface area contributed by atoms with E-state index in [0.29, 0.717) is 18.8 Å². The van der Waals surface area contributed by atoms with Crippen molar-refractivity contribution in [1.82, 2.24) is 24.4 Å². The maximum atomic E-state index is 11.9. The number of aryl methyl sites for hydroxylation is 1. The molecule has 11 nitrogen and oxygen atoms in total. The number of methoxy groups -OCH3 is 1. The van der Waals surface area contributed by atoms with Crippen molar-refractivity contribution in [3.05, 3.63) is 58.9 Å². The van der Waals surface area contributed by atoms with Gasteiger partial charge in [0.2, 0.25) is 17.6 Å². The van der Waals surface area contributed by atoms with Gasteiger partial charge >= 0.3 is 5.69 Å². The molecule has 1 N–H and O–H groups in total. The molecule has 11 heteroatoms. The quantitative estimate of drug-likeness (QED) is 0.285. The minimum atomic E-state index is -0.452. The largest absolute Gasteiger partial charge is 0.479 e. The van der Waals surface area contributed by atoms with Gasteiger partial charge in [0.1, 0.15) is 5.69 Å². The monoisotopic (exact) mass is 476 g/mol. The molecule has 1 aromatic carbocycles. The van der Waals surface area contributed by atoms with Gasteiger partial charge in [-0.05, 0) is 26.2 Å². The summed E-state index contributed by atoms with van der Waals surface area (Å²) in [4.78, 5) is 28.5. The third-order valence-corrected chi connectivity index (χ3v) is 5.66. The van der Waals surface area contributed by atoms with Gasteiger partial charge in [0.15, 0.2) is 0 Å². The zero-order valence-electron chi connectivity index (χ0n) is 20.4. The van der Waals surface area contributed by atoms with E-state index in [-0.39, 0.29) is 23.3 Å². The number of hydrogen-bond donors (Lipinski definition) is 1. The third kappa shape index (κ3) is 4.99. The third-order valence-electron chi connectivity index (χ3n) is 5.66. The van der Waals surface area contributed by atoms with Crippen LogP contribution in [0.1, 0.15) is 0 Å². The predicted octanol–water partition coefficient (Wildman–Crippen LogP) is 3.69. The number of nitro groups is 1. The van der Waals surface area contributed by atoms with Crippen molar-refractivity contribution in [2.45, 2.75) is 0 Å². The van der Waals surface area contributed by atoms with Crippen LogP contribution in [0.4, 0.5) is 23.1 Å². The van der Waals surface area contributed by atoms with Crippen LogP contribution in [0.3, 0.4) is 0 Å². The number of nitrogens with zero attached hydrogens (tertiary/aromatic N) is 7. The molecule has 3 aromatic heterocycles. The first-order valence-electron chi connectivity index (χ1n) is 11.0. The molecule has 35 heavy (non-hydrogen) atoms. The molecule has 0 aliphatic rings. The summed E-state index contributed by atoms with van der Waals surface area (Å²) >= 11 is 0. The number of hydrogen-bond acceptors (Lipinski definition) is 9. The van der Waals surface area contributed by atoms with E-state index in [1.54, 1.807) is 18.1 Å². The number of rotatable bonds is 9. The maximum absolute atomic E-state index is 11.9. The van der Waals surface area contributed by atoms with Crippen LogP contribution in [-0.4, -0.2) is 70.7 Å². The Labute approximate surface area is 203 Å². The summed E-state index contributed by atoms with van der Waals surface area (Å²) in [6, 6.07) is 11.3. The molecule has 182 valence electrons. The number of nitrogens with one attached hydrogen (secondary N) is 1. The van der Waals surface area contributed by atoms with E-state index >= 15 is 0 Å². The van der Waals surface area contributed by atoms with Crippen LogP contribution in [0, 0.1) is 10.1 Å². The van der Waals surface area contributed by atoms with Crippen molar-refractivity contribution in [2.24, 2.45) is 7.05 Å². The number of ether oxygens (including phenoxy) is 1. The lowest BCUT2D eigenvalue weighted by atomic mass is 10.1. The molecule has 0 saturated heterocycles. The minimum Gasteiger partial charge on any atom is -0.479 e. The second-order valence-electron chi connectivity index (χ2n) is 8.43. The van der Waals surface area contributed by atoms with Gasteiger partial charge in [0.25, 0.3) is 0 Å². The Kier molecular flexibility index (Phi) is 6.78. The number of aromatic nitrogens is 4. The topological polar surface area (TPSA) is 114 Å². The first kappa shape index (κ1) is 23.9. The molecule has 4 rings (SSSR count). The molecule has 3 heterocycles. The second-order valence-corrected chi connectivity index (χ2v) is 8.43. The van der Waals surface area contributed by atoms with E-state index in [2.05, 4.69) is 20.3 Å². The fraction of sp³-hybridized carbons (Fsp3) is 0.292. The first-order valence-corrected chi connectivity index (χ1v) is 11.0. The molecule has 0 unspecified atom stereocenters. The van der Waals surface area contributed by atoms with Crippen LogP contribution >= 0.6 is 0 Å². The highest BCUT2D eigenvalue weighted by molar-refractivity contribution is 5.95. The Balaban J connectivity index is 1.70. The van der Waals surface area contributed by atoms with Crippen LogP contribution in [0.2, 0.25) is 0 Å². The molecule has 0 bridgehead atoms. The van der Waals surface area contributed by atoms with E-state index in [0.717, 1.165) is 22.2 Å². The van der Waals surface area contributed by atoms with E-state index in [9.17, 15) is 10.1 Å². The molecule has 0 aliphatic heterocycles. The van der Waals surface area contributed by atoms with Gasteiger partial charge in [-0.25, -0.2) is 9.97 Å². The first-order chi connectivity index (χ1) is 16.8. The van der Waals surface area contributed by atoms with Crippen LogP contribution in [-0.2, 0) is 7.05 Å². The summed E-state index contributed by atoms with van der Waals surface area (Å²) < 4.78 is 7.50. The lowest BCUT2D eigenvalue weighted by Gasteiger charge is -2.21. The summed E-state index contributed by atoms with van der Waals surface area (Å²) in [5.74, 6) is 0.713. The van der Waals surface area contributed by atoms with E-state index in [1.165, 1.54) is 13.2 Å². The normalized spacial score (nSPS) is 11.1. The van der Waals surface area contributed by atoms with Crippen LogP contribution in [0.5, 0.6) is 5.88 Å². The molecular formula is C24H28N8O3. The Morgan fingerprint density at radius 1 is 1.14 bits per heavy atom. The van der Waals surface area contributed by atoms with Gasteiger partial charge in [-0.2, -0.15) is 4.98 Å². The van der Waals surface area contributed by atoms with Gasteiger partial charge in [-0.3, -0.25) is 10.1 Å². The highest BCUT2D eigenvalue weighted by atomic mass is 16.6. The molecule has 0 radical (unpaired) electrons. The van der Waals surface area contributed by atoms with Crippen LogP contribution in [0.15, 0.2) is 48.8 Å². The van der Waals surface area contributed by atoms with Crippen molar-refractivity contribution in [2.75, 3.05) is 51.6 Å². The zero-order chi connectivity index (χ0) is 25.1. The molecule has 4 aromatic rings. The molecule has 0 fully saturated rings. The molecule has 0 aliphatic carbocycles. The number of anilines is 3. The van der Waals surface area contributed by atoms with Crippen molar-refractivity contribution < 1.29 is 9.66 Å². The van der Waals surface area contributed by atoms with Gasteiger partial charge in [0.05, 0.1) is 17.7 Å². The van der Waals surface area contributed by atoms with Crippen molar-refractivity contribution in [3.63, 3.8) is 0 Å². The molecular weight excluding hydrogens is 448 g/mol. The van der Waals surface area contributed by atoms with Gasteiger partial charge in [-0.1, -0.05) is 18.2 Å². The summed E-state index contributed by atoms with van der Waals surface area (Å²) in [6.07, 6.45) is 3.66. The number of likely N-dealkylation sites (N-methyl/N-ethyl adjacent to an activating group) is 2. The fourth-order valence-electron chi connectivity index (χ4n) is 3.83. The summed E-state index contributed by atoms with van der Waals surface area (Å²) in [6.45, 7) is 1.28. The Morgan fingerprint density at radius 3 is 2.63 bits per heavy atom.